The third kappa shape index (κ3) is 5.97. The molecule has 2 aromatic carbocycles. The van der Waals surface area contributed by atoms with Crippen LogP contribution in [0.15, 0.2) is 55.1 Å². The van der Waals surface area contributed by atoms with E-state index in [1.165, 1.54) is 24.3 Å². The molecular weight excluding hydrogens is 362 g/mol. The summed E-state index contributed by atoms with van der Waals surface area (Å²) in [6, 6.07) is 13.3. The second kappa shape index (κ2) is 10.5. The van der Waals surface area contributed by atoms with Crippen molar-refractivity contribution in [1.29, 1.82) is 5.26 Å². The fourth-order valence-corrected chi connectivity index (χ4v) is 2.23. The van der Waals surface area contributed by atoms with E-state index < -0.39 is 12.1 Å². The van der Waals surface area contributed by atoms with E-state index in [2.05, 4.69) is 6.58 Å². The summed E-state index contributed by atoms with van der Waals surface area (Å²) in [6.07, 6.45) is 0.506. The highest BCUT2D eigenvalue weighted by molar-refractivity contribution is 5.91. The summed E-state index contributed by atoms with van der Waals surface area (Å²) in [5.74, 6) is -0.651. The lowest BCUT2D eigenvalue weighted by Gasteiger charge is -2.11. The summed E-state index contributed by atoms with van der Waals surface area (Å²) < 4.78 is 15.0. The summed E-state index contributed by atoms with van der Waals surface area (Å²) in [5, 5.41) is 18.1. The van der Waals surface area contributed by atoms with Crippen LogP contribution in [-0.4, -0.2) is 23.8 Å². The highest BCUT2D eigenvalue weighted by Gasteiger charge is 2.16. The third-order valence-electron chi connectivity index (χ3n) is 3.70. The molecule has 2 aromatic rings. The van der Waals surface area contributed by atoms with Crippen LogP contribution in [0.1, 0.15) is 32.6 Å². The molecule has 0 aliphatic carbocycles. The zero-order valence-electron chi connectivity index (χ0n) is 15.1. The molecule has 0 aliphatic rings. The zero-order chi connectivity index (χ0) is 20.4. The van der Waals surface area contributed by atoms with Gasteiger partial charge in [-0.25, -0.2) is 9.59 Å². The lowest BCUT2D eigenvalue weighted by molar-refractivity contribution is 0.0450. The molecule has 0 aliphatic heterocycles. The Morgan fingerprint density at radius 1 is 1.04 bits per heavy atom. The van der Waals surface area contributed by atoms with E-state index in [0.29, 0.717) is 5.56 Å². The Bertz CT molecular complexity index is 883. The third-order valence-corrected chi connectivity index (χ3v) is 3.70. The largest absolute Gasteiger partial charge is 0.508 e. The van der Waals surface area contributed by atoms with E-state index in [1.807, 2.05) is 6.07 Å². The Hall–Kier alpha value is -3.63. The van der Waals surface area contributed by atoms with Crippen LogP contribution in [0.3, 0.4) is 0 Å². The highest BCUT2D eigenvalue weighted by atomic mass is 16.7. The zero-order valence-corrected chi connectivity index (χ0v) is 15.1. The van der Waals surface area contributed by atoms with Crippen molar-refractivity contribution in [2.24, 2.45) is 0 Å². The summed E-state index contributed by atoms with van der Waals surface area (Å²) in [5.41, 5.74) is 2.28. The molecule has 0 amide bonds. The van der Waals surface area contributed by atoms with Gasteiger partial charge in [-0.2, -0.15) is 5.26 Å². The molecular formula is C21H19NO6. The molecule has 0 aromatic heterocycles. The molecule has 7 nitrogen and oxygen atoms in total. The van der Waals surface area contributed by atoms with E-state index in [-0.39, 0.29) is 37.6 Å². The number of aliphatic hydroxyl groups excluding tert-OH is 1. The summed E-state index contributed by atoms with van der Waals surface area (Å²) in [7, 11) is 0. The van der Waals surface area contributed by atoms with E-state index >= 15 is 0 Å². The van der Waals surface area contributed by atoms with Gasteiger partial charge in [-0.3, -0.25) is 0 Å². The number of carbonyl (C=O) groups is 2. The average Bonchev–Trinajstić information content (AvgIpc) is 2.74. The standard InChI is InChI=1S/C21H19NO6/c1-2-9-26-21(25)28-14-18-8-7-17(11-22)10-19(18)20(24)27-13-16-5-3-15(12-23)4-6-16/h2-8,10,23H,1,9,12-14H2. The van der Waals surface area contributed by atoms with Crippen molar-refractivity contribution in [3.63, 3.8) is 0 Å². The number of rotatable bonds is 8. The van der Waals surface area contributed by atoms with Crippen molar-refractivity contribution >= 4 is 12.1 Å². The van der Waals surface area contributed by atoms with Crippen molar-refractivity contribution in [1.82, 2.24) is 0 Å². The minimum atomic E-state index is -0.896. The minimum absolute atomic E-state index is 0.0101. The number of ether oxygens (including phenoxy) is 3. The van der Waals surface area contributed by atoms with Gasteiger partial charge in [0, 0.05) is 5.56 Å². The van der Waals surface area contributed by atoms with Crippen molar-refractivity contribution < 1.29 is 28.9 Å². The van der Waals surface area contributed by atoms with Gasteiger partial charge >= 0.3 is 12.1 Å². The molecule has 0 heterocycles. The van der Waals surface area contributed by atoms with Gasteiger partial charge in [-0.05, 0) is 23.3 Å². The molecule has 0 radical (unpaired) electrons. The van der Waals surface area contributed by atoms with Gasteiger partial charge in [-0.15, -0.1) is 0 Å². The van der Waals surface area contributed by atoms with Crippen LogP contribution in [-0.2, 0) is 34.0 Å². The molecule has 28 heavy (non-hydrogen) atoms. The molecule has 0 fully saturated rings. The van der Waals surface area contributed by atoms with E-state index in [9.17, 15) is 9.59 Å². The van der Waals surface area contributed by atoms with Crippen LogP contribution < -0.4 is 0 Å². The Morgan fingerprint density at radius 2 is 1.75 bits per heavy atom. The Balaban J connectivity index is 2.07. The monoisotopic (exact) mass is 381 g/mol. The van der Waals surface area contributed by atoms with Gasteiger partial charge < -0.3 is 19.3 Å². The topological polar surface area (TPSA) is 106 Å². The van der Waals surface area contributed by atoms with Crippen LogP contribution in [0.4, 0.5) is 4.79 Å². The molecule has 7 heteroatoms. The number of carbonyl (C=O) groups excluding carboxylic acids is 2. The van der Waals surface area contributed by atoms with Crippen LogP contribution in [0.25, 0.3) is 0 Å². The summed E-state index contributed by atoms with van der Waals surface area (Å²) >= 11 is 0. The first-order chi connectivity index (χ1) is 13.6. The summed E-state index contributed by atoms with van der Waals surface area (Å²) in [4.78, 5) is 24.0. The Labute approximate surface area is 162 Å². The Morgan fingerprint density at radius 3 is 2.39 bits per heavy atom. The molecule has 0 spiro atoms. The number of nitrogens with zero attached hydrogens (tertiary/aromatic N) is 1. The van der Waals surface area contributed by atoms with Crippen molar-refractivity contribution in [2.75, 3.05) is 6.61 Å². The van der Waals surface area contributed by atoms with E-state index in [0.717, 1.165) is 11.1 Å². The van der Waals surface area contributed by atoms with Gasteiger partial charge in [0.25, 0.3) is 0 Å². The number of esters is 1. The van der Waals surface area contributed by atoms with Crippen LogP contribution in [0, 0.1) is 11.3 Å². The van der Waals surface area contributed by atoms with Crippen molar-refractivity contribution in [3.05, 3.63) is 82.9 Å². The van der Waals surface area contributed by atoms with Gasteiger partial charge in [0.05, 0.1) is 23.8 Å². The van der Waals surface area contributed by atoms with Crippen LogP contribution in [0.2, 0.25) is 0 Å². The fourth-order valence-electron chi connectivity index (χ4n) is 2.23. The second-order valence-electron chi connectivity index (χ2n) is 5.67. The van der Waals surface area contributed by atoms with Crippen molar-refractivity contribution in [3.8, 4) is 6.07 Å². The highest BCUT2D eigenvalue weighted by Crippen LogP contribution is 2.16. The SMILES string of the molecule is C=CCOC(=O)OCc1ccc(C#N)cc1C(=O)OCc1ccc(CO)cc1. The average molecular weight is 381 g/mol. The van der Waals surface area contributed by atoms with Gasteiger partial charge in [0.1, 0.15) is 19.8 Å². The maximum absolute atomic E-state index is 12.5. The number of hydrogen-bond donors (Lipinski definition) is 1. The molecule has 0 saturated carbocycles. The molecule has 0 saturated heterocycles. The normalized spacial score (nSPS) is 9.86. The molecule has 0 atom stereocenters. The molecule has 0 bridgehead atoms. The van der Waals surface area contributed by atoms with Crippen molar-refractivity contribution in [2.45, 2.75) is 19.8 Å². The number of hydrogen-bond acceptors (Lipinski definition) is 7. The predicted molar refractivity (Wildman–Crippen MR) is 99.0 cm³/mol. The molecule has 2 rings (SSSR count). The minimum Gasteiger partial charge on any atom is -0.457 e. The smallest absolute Gasteiger partial charge is 0.457 e. The van der Waals surface area contributed by atoms with E-state index in [1.54, 1.807) is 24.3 Å². The maximum atomic E-state index is 12.5. The van der Waals surface area contributed by atoms with Crippen LogP contribution in [0.5, 0.6) is 0 Å². The quantitative estimate of drug-likeness (QED) is 0.552. The molecule has 1 N–H and O–H groups in total. The summed E-state index contributed by atoms with van der Waals surface area (Å²) in [6.45, 7) is 3.17. The first-order valence-corrected chi connectivity index (χ1v) is 8.36. The lowest BCUT2D eigenvalue weighted by atomic mass is 10.0. The van der Waals surface area contributed by atoms with Gasteiger partial charge in [0.2, 0.25) is 0 Å². The molecule has 0 unspecified atom stereocenters. The number of aliphatic hydroxyl groups is 1. The van der Waals surface area contributed by atoms with Gasteiger partial charge in [-0.1, -0.05) is 43.0 Å². The number of nitriles is 1. The lowest BCUT2D eigenvalue weighted by Crippen LogP contribution is -2.12. The first kappa shape index (κ1) is 20.7. The van der Waals surface area contributed by atoms with Crippen LogP contribution >= 0.6 is 0 Å². The number of benzene rings is 2. The maximum Gasteiger partial charge on any atom is 0.508 e. The second-order valence-corrected chi connectivity index (χ2v) is 5.67. The van der Waals surface area contributed by atoms with Gasteiger partial charge in [0.15, 0.2) is 0 Å². The van der Waals surface area contributed by atoms with E-state index in [4.69, 9.17) is 24.6 Å². The predicted octanol–water partition coefficient (Wildman–Crippen LogP) is 3.25. The first-order valence-electron chi connectivity index (χ1n) is 8.36. The Kier molecular flexibility index (Phi) is 7.76. The fraction of sp³-hybridized carbons (Fsp3) is 0.190. The molecule has 144 valence electrons.